The van der Waals surface area contributed by atoms with E-state index in [0.717, 1.165) is 6.07 Å². The number of hydrogen-bond donors (Lipinski definition) is 1. The number of amides is 1. The minimum Gasteiger partial charge on any atom is -0.448 e. The lowest BCUT2D eigenvalue weighted by Gasteiger charge is -2.42. The van der Waals surface area contributed by atoms with E-state index in [1.165, 1.54) is 17.2 Å². The van der Waals surface area contributed by atoms with Crippen molar-refractivity contribution in [1.82, 2.24) is 20.1 Å². The van der Waals surface area contributed by atoms with Gasteiger partial charge in [-0.1, -0.05) is 0 Å². The molecule has 0 saturated carbocycles. The number of carbonyl (C=O) groups excluding carboxylic acids is 1. The lowest BCUT2D eigenvalue weighted by atomic mass is 10.0. The van der Waals surface area contributed by atoms with Crippen molar-refractivity contribution in [2.45, 2.75) is 31.9 Å². The first-order valence-electron chi connectivity index (χ1n) is 7.25. The van der Waals surface area contributed by atoms with E-state index in [1.54, 1.807) is 6.92 Å². The Morgan fingerprint density at radius 3 is 2.76 bits per heavy atom. The first-order valence-corrected chi connectivity index (χ1v) is 7.25. The zero-order valence-electron chi connectivity index (χ0n) is 12.9. The second-order valence-corrected chi connectivity index (χ2v) is 5.48. The third-order valence-electron chi connectivity index (χ3n) is 3.71. The predicted octanol–water partition coefficient (Wildman–Crippen LogP) is 1.16. The van der Waals surface area contributed by atoms with Crippen LogP contribution in [0.5, 0.6) is 5.88 Å². The fourth-order valence-corrected chi connectivity index (χ4v) is 2.27. The largest absolute Gasteiger partial charge is 0.574 e. The van der Waals surface area contributed by atoms with Crippen molar-refractivity contribution in [3.8, 4) is 5.88 Å². The number of rotatable bonds is 4. The smallest absolute Gasteiger partial charge is 0.448 e. The van der Waals surface area contributed by atoms with Gasteiger partial charge in [-0.15, -0.1) is 18.3 Å². The third-order valence-corrected chi connectivity index (χ3v) is 3.71. The molecule has 2 aromatic rings. The molecule has 0 spiro atoms. The Bertz CT molecular complexity index is 762. The first-order chi connectivity index (χ1) is 11.7. The highest BCUT2D eigenvalue weighted by molar-refractivity contribution is 5.92. The summed E-state index contributed by atoms with van der Waals surface area (Å²) in [6.45, 7) is 1.95. The van der Waals surface area contributed by atoms with Crippen LogP contribution in [-0.2, 0) is 6.42 Å². The molecule has 2 aromatic heterocycles. The fraction of sp³-hybridized carbons (Fsp3) is 0.429. The number of carbonyl (C=O) groups is 1. The zero-order chi connectivity index (χ0) is 18.2. The Hall–Kier alpha value is -2.69. The molecule has 3 heterocycles. The Labute approximate surface area is 139 Å². The van der Waals surface area contributed by atoms with Crippen molar-refractivity contribution in [1.29, 1.82) is 0 Å². The molecule has 1 fully saturated rings. The summed E-state index contributed by atoms with van der Waals surface area (Å²) < 4.78 is 45.0. The number of nitrogens with zero attached hydrogens (tertiary/aromatic N) is 4. The van der Waals surface area contributed by atoms with Crippen LogP contribution in [0.1, 0.15) is 29.0 Å². The van der Waals surface area contributed by atoms with Crippen molar-refractivity contribution in [3.63, 3.8) is 0 Å². The number of β-amino-alcohol motifs (C(OH)–C–C–N with tert-alkyl or cyclic N) is 1. The molecule has 11 heteroatoms. The first kappa shape index (κ1) is 17.1. The fourth-order valence-electron chi connectivity index (χ4n) is 2.27. The molecule has 134 valence electrons. The van der Waals surface area contributed by atoms with Gasteiger partial charge in [-0.2, -0.15) is 5.10 Å². The summed E-state index contributed by atoms with van der Waals surface area (Å²) in [6.07, 6.45) is -4.16. The van der Waals surface area contributed by atoms with Crippen LogP contribution in [-0.4, -0.2) is 56.1 Å². The molecule has 8 nitrogen and oxygen atoms in total. The van der Waals surface area contributed by atoms with Gasteiger partial charge < -0.3 is 19.2 Å². The van der Waals surface area contributed by atoms with Gasteiger partial charge in [0, 0.05) is 12.6 Å². The monoisotopic (exact) mass is 358 g/mol. The molecule has 1 N–H and O–H groups in total. The van der Waals surface area contributed by atoms with Gasteiger partial charge in [-0.25, -0.2) is 4.98 Å². The number of alkyl halides is 3. The molecule has 1 saturated heterocycles. The van der Waals surface area contributed by atoms with Gasteiger partial charge >= 0.3 is 6.36 Å². The van der Waals surface area contributed by atoms with Crippen molar-refractivity contribution in [3.05, 3.63) is 35.7 Å². The van der Waals surface area contributed by atoms with Crippen molar-refractivity contribution < 1.29 is 32.2 Å². The molecule has 0 aromatic carbocycles. The molecule has 25 heavy (non-hydrogen) atoms. The Morgan fingerprint density at radius 2 is 2.20 bits per heavy atom. The summed E-state index contributed by atoms with van der Waals surface area (Å²) in [5, 5.41) is 16.3. The summed E-state index contributed by atoms with van der Waals surface area (Å²) >= 11 is 0. The van der Waals surface area contributed by atoms with Crippen molar-refractivity contribution in [2.24, 2.45) is 0 Å². The van der Waals surface area contributed by atoms with Gasteiger partial charge in [-0.05, 0) is 13.0 Å². The van der Waals surface area contributed by atoms with Crippen LogP contribution in [0.25, 0.3) is 0 Å². The van der Waals surface area contributed by atoms with Gasteiger partial charge in [0.25, 0.3) is 5.91 Å². The van der Waals surface area contributed by atoms with Crippen LogP contribution in [0.3, 0.4) is 0 Å². The number of halogens is 3. The number of aliphatic hydroxyl groups excluding tert-OH is 1. The van der Waals surface area contributed by atoms with E-state index in [2.05, 4.69) is 19.9 Å². The summed E-state index contributed by atoms with van der Waals surface area (Å²) in [5.41, 5.74) is 0.377. The number of aromatic nitrogens is 3. The standard InChI is InChI=1S/C14H13F3N4O4/c1-7-10(22)5-21(7)13(23)9-6-24-12(18-9)4-8-2-3-11(20-19-8)25-14(15,16)17/h2-3,6-7,10,22H,4-5H2,1H3/t7-,10-/m0/s1. The third kappa shape index (κ3) is 3.87. The van der Waals surface area contributed by atoms with E-state index in [0.29, 0.717) is 5.69 Å². The molecule has 1 aliphatic rings. The van der Waals surface area contributed by atoms with E-state index in [9.17, 15) is 23.1 Å². The SMILES string of the molecule is C[C@H]1[C@@H](O)CN1C(=O)c1coc(Cc2ccc(OC(F)(F)F)nn2)n1. The average molecular weight is 358 g/mol. The van der Waals surface area contributed by atoms with Crippen LogP contribution < -0.4 is 4.74 Å². The predicted molar refractivity (Wildman–Crippen MR) is 74.5 cm³/mol. The molecule has 1 amide bonds. The Morgan fingerprint density at radius 1 is 1.44 bits per heavy atom. The van der Waals surface area contributed by atoms with Gasteiger partial charge in [0.05, 0.1) is 24.3 Å². The molecule has 0 radical (unpaired) electrons. The maximum atomic E-state index is 12.2. The van der Waals surface area contributed by atoms with Crippen LogP contribution in [0.15, 0.2) is 22.8 Å². The molecule has 3 rings (SSSR count). The van der Waals surface area contributed by atoms with E-state index in [1.807, 2.05) is 0 Å². The van der Waals surface area contributed by atoms with Crippen LogP contribution in [0.4, 0.5) is 13.2 Å². The highest BCUT2D eigenvalue weighted by Crippen LogP contribution is 2.22. The van der Waals surface area contributed by atoms with Gasteiger partial charge in [-0.3, -0.25) is 4.79 Å². The topological polar surface area (TPSA) is 102 Å². The maximum Gasteiger partial charge on any atom is 0.574 e. The number of aliphatic hydroxyl groups is 1. The van der Waals surface area contributed by atoms with E-state index >= 15 is 0 Å². The normalized spacial score (nSPS) is 20.3. The van der Waals surface area contributed by atoms with E-state index in [-0.39, 0.29) is 36.5 Å². The summed E-state index contributed by atoms with van der Waals surface area (Å²) in [5.74, 6) is -0.881. The Kier molecular flexibility index (Phi) is 4.33. The van der Waals surface area contributed by atoms with Gasteiger partial charge in [0.1, 0.15) is 6.26 Å². The maximum absolute atomic E-state index is 12.2. The second-order valence-electron chi connectivity index (χ2n) is 5.48. The quantitative estimate of drug-likeness (QED) is 0.875. The van der Waals surface area contributed by atoms with Gasteiger partial charge in [0.2, 0.25) is 11.8 Å². The lowest BCUT2D eigenvalue weighted by molar-refractivity contribution is -0.276. The summed E-state index contributed by atoms with van der Waals surface area (Å²) in [7, 11) is 0. The second kappa shape index (κ2) is 6.31. The number of oxazole rings is 1. The number of likely N-dealkylation sites (tertiary alicyclic amines) is 1. The van der Waals surface area contributed by atoms with E-state index in [4.69, 9.17) is 4.42 Å². The highest BCUT2D eigenvalue weighted by atomic mass is 19.4. The summed E-state index contributed by atoms with van der Waals surface area (Å²) in [6, 6.07) is 2.02. The molecular formula is C14H13F3N4O4. The molecule has 0 bridgehead atoms. The minimum atomic E-state index is -4.84. The molecule has 0 aliphatic carbocycles. The van der Waals surface area contributed by atoms with Crippen molar-refractivity contribution in [2.75, 3.05) is 6.54 Å². The Balaban J connectivity index is 1.62. The minimum absolute atomic E-state index is 0.0464. The lowest BCUT2D eigenvalue weighted by Crippen LogP contribution is -2.60. The van der Waals surface area contributed by atoms with Gasteiger partial charge in [0.15, 0.2) is 5.69 Å². The molecule has 2 atom stereocenters. The average Bonchev–Trinajstić information content (AvgIpc) is 3.00. The van der Waals surface area contributed by atoms with Crippen LogP contribution >= 0.6 is 0 Å². The van der Waals surface area contributed by atoms with Crippen LogP contribution in [0.2, 0.25) is 0 Å². The van der Waals surface area contributed by atoms with E-state index < -0.39 is 18.3 Å². The van der Waals surface area contributed by atoms with Crippen LogP contribution in [0, 0.1) is 0 Å². The molecular weight excluding hydrogens is 345 g/mol. The summed E-state index contributed by atoms with van der Waals surface area (Å²) in [4.78, 5) is 17.7. The number of ether oxygens (including phenoxy) is 1. The number of hydrogen-bond acceptors (Lipinski definition) is 7. The molecule has 1 aliphatic heterocycles. The highest BCUT2D eigenvalue weighted by Gasteiger charge is 2.38. The van der Waals surface area contributed by atoms with Crippen molar-refractivity contribution >= 4 is 5.91 Å². The zero-order valence-corrected chi connectivity index (χ0v) is 12.9. The molecule has 0 unspecified atom stereocenters.